The van der Waals surface area contributed by atoms with Gasteiger partial charge in [-0.25, -0.2) is 13.4 Å². The van der Waals surface area contributed by atoms with Crippen molar-refractivity contribution < 1.29 is 13.2 Å². The maximum Gasteiger partial charge on any atom is 0.269 e. The Morgan fingerprint density at radius 1 is 1.53 bits per heavy atom. The predicted molar refractivity (Wildman–Crippen MR) is 68.1 cm³/mol. The summed E-state index contributed by atoms with van der Waals surface area (Å²) in [6, 6.07) is 4.84. The van der Waals surface area contributed by atoms with Crippen LogP contribution in [0.25, 0.3) is 0 Å². The summed E-state index contributed by atoms with van der Waals surface area (Å²) in [6.07, 6.45) is 2.54. The molecule has 1 N–H and O–H groups in total. The lowest BCUT2D eigenvalue weighted by Gasteiger charge is -2.10. The van der Waals surface area contributed by atoms with E-state index in [4.69, 9.17) is 5.26 Å². The normalized spacial score (nSPS) is 20.7. The second kappa shape index (κ2) is 5.36. The Kier molecular flexibility index (Phi) is 3.81. The van der Waals surface area contributed by atoms with Crippen LogP contribution in [-0.4, -0.2) is 36.9 Å². The SMILES string of the molecule is N#Cc1ccc(C(=O)NCC2CCCS2(=O)=O)nc1. The van der Waals surface area contributed by atoms with Crippen molar-refractivity contribution in [3.05, 3.63) is 29.6 Å². The van der Waals surface area contributed by atoms with Crippen LogP contribution < -0.4 is 5.32 Å². The number of carbonyl (C=O) groups is 1. The summed E-state index contributed by atoms with van der Waals surface area (Å²) in [4.78, 5) is 15.6. The summed E-state index contributed by atoms with van der Waals surface area (Å²) in [5.74, 6) is -0.227. The summed E-state index contributed by atoms with van der Waals surface area (Å²) >= 11 is 0. The molecule has 2 rings (SSSR count). The summed E-state index contributed by atoms with van der Waals surface area (Å²) in [6.45, 7) is 0.114. The molecule has 1 aliphatic heterocycles. The van der Waals surface area contributed by atoms with Crippen molar-refractivity contribution in [3.63, 3.8) is 0 Å². The van der Waals surface area contributed by atoms with Gasteiger partial charge >= 0.3 is 0 Å². The zero-order valence-electron chi connectivity index (χ0n) is 10.2. The van der Waals surface area contributed by atoms with Crippen molar-refractivity contribution in [2.45, 2.75) is 18.1 Å². The van der Waals surface area contributed by atoms with Gasteiger partial charge in [0.05, 0.1) is 16.6 Å². The highest BCUT2D eigenvalue weighted by Crippen LogP contribution is 2.19. The van der Waals surface area contributed by atoms with Crippen LogP contribution in [0.1, 0.15) is 28.9 Å². The molecular weight excluding hydrogens is 266 g/mol. The molecule has 0 bridgehead atoms. The maximum absolute atomic E-state index is 11.8. The second-order valence-electron chi connectivity index (χ2n) is 4.39. The summed E-state index contributed by atoms with van der Waals surface area (Å²) in [5, 5.41) is 10.7. The van der Waals surface area contributed by atoms with E-state index in [-0.39, 0.29) is 18.0 Å². The monoisotopic (exact) mass is 279 g/mol. The second-order valence-corrected chi connectivity index (χ2v) is 6.79. The fraction of sp³-hybridized carbons (Fsp3) is 0.417. The number of hydrogen-bond donors (Lipinski definition) is 1. The van der Waals surface area contributed by atoms with Crippen molar-refractivity contribution in [2.24, 2.45) is 0 Å². The number of nitrogens with one attached hydrogen (secondary N) is 1. The third-order valence-corrected chi connectivity index (χ3v) is 5.35. The van der Waals surface area contributed by atoms with Crippen molar-refractivity contribution in [3.8, 4) is 6.07 Å². The minimum atomic E-state index is -3.05. The number of rotatable bonds is 3. The lowest BCUT2D eigenvalue weighted by atomic mass is 10.2. The van der Waals surface area contributed by atoms with E-state index in [1.807, 2.05) is 6.07 Å². The van der Waals surface area contributed by atoms with Crippen molar-refractivity contribution in [1.82, 2.24) is 10.3 Å². The first kappa shape index (κ1) is 13.5. The number of carbonyl (C=O) groups excluding carboxylic acids is 1. The molecule has 1 aromatic heterocycles. The largest absolute Gasteiger partial charge is 0.349 e. The molecule has 0 aromatic carbocycles. The van der Waals surface area contributed by atoms with E-state index in [0.29, 0.717) is 18.4 Å². The number of nitriles is 1. The van der Waals surface area contributed by atoms with Crippen molar-refractivity contribution in [2.75, 3.05) is 12.3 Å². The Morgan fingerprint density at radius 3 is 2.84 bits per heavy atom. The van der Waals surface area contributed by atoms with Gasteiger partial charge in [0.1, 0.15) is 11.8 Å². The highest BCUT2D eigenvalue weighted by molar-refractivity contribution is 7.92. The highest BCUT2D eigenvalue weighted by Gasteiger charge is 2.31. The summed E-state index contributed by atoms with van der Waals surface area (Å²) in [7, 11) is -3.05. The van der Waals surface area contributed by atoms with Gasteiger partial charge in [0, 0.05) is 12.7 Å². The third-order valence-electron chi connectivity index (χ3n) is 3.08. The smallest absolute Gasteiger partial charge is 0.269 e. The first-order chi connectivity index (χ1) is 9.03. The van der Waals surface area contributed by atoms with Crippen LogP contribution in [0.15, 0.2) is 18.3 Å². The zero-order valence-corrected chi connectivity index (χ0v) is 11.0. The van der Waals surface area contributed by atoms with E-state index in [0.717, 1.165) is 0 Å². The molecule has 6 nitrogen and oxygen atoms in total. The van der Waals surface area contributed by atoms with Gasteiger partial charge in [0.25, 0.3) is 5.91 Å². The van der Waals surface area contributed by atoms with Crippen molar-refractivity contribution in [1.29, 1.82) is 5.26 Å². The van der Waals surface area contributed by atoms with E-state index < -0.39 is 21.0 Å². The molecule has 2 heterocycles. The van der Waals surface area contributed by atoms with Gasteiger partial charge in [-0.05, 0) is 25.0 Å². The molecule has 1 unspecified atom stereocenters. The molecule has 0 spiro atoms. The number of aromatic nitrogens is 1. The van der Waals surface area contributed by atoms with E-state index in [2.05, 4.69) is 10.3 Å². The van der Waals surface area contributed by atoms with E-state index in [9.17, 15) is 13.2 Å². The van der Waals surface area contributed by atoms with Crippen LogP contribution in [0, 0.1) is 11.3 Å². The average Bonchev–Trinajstić information content (AvgIpc) is 2.75. The summed E-state index contributed by atoms with van der Waals surface area (Å²) in [5.41, 5.74) is 0.546. The molecule has 0 saturated carbocycles. The molecule has 7 heteroatoms. The van der Waals surface area contributed by atoms with Gasteiger partial charge in [-0.1, -0.05) is 0 Å². The highest BCUT2D eigenvalue weighted by atomic mass is 32.2. The van der Waals surface area contributed by atoms with Gasteiger partial charge in [-0.3, -0.25) is 4.79 Å². The molecule has 1 aliphatic rings. The molecule has 1 fully saturated rings. The van der Waals surface area contributed by atoms with Crippen LogP contribution in [0.4, 0.5) is 0 Å². The predicted octanol–water partition coefficient (Wildman–Crippen LogP) is 0.260. The van der Waals surface area contributed by atoms with Crippen LogP contribution in [-0.2, 0) is 9.84 Å². The Morgan fingerprint density at radius 2 is 2.32 bits per heavy atom. The van der Waals surface area contributed by atoms with Crippen LogP contribution >= 0.6 is 0 Å². The first-order valence-corrected chi connectivity index (χ1v) is 7.60. The lowest BCUT2D eigenvalue weighted by Crippen LogP contribution is -2.34. The Balaban J connectivity index is 1.96. The minimum absolute atomic E-state index is 0.114. The van der Waals surface area contributed by atoms with E-state index in [1.165, 1.54) is 18.3 Å². The van der Waals surface area contributed by atoms with E-state index >= 15 is 0 Å². The lowest BCUT2D eigenvalue weighted by molar-refractivity contribution is 0.0948. The van der Waals surface area contributed by atoms with E-state index in [1.54, 1.807) is 0 Å². The minimum Gasteiger partial charge on any atom is -0.349 e. The molecule has 1 saturated heterocycles. The molecule has 0 aliphatic carbocycles. The Bertz CT molecular complexity index is 617. The molecule has 0 radical (unpaired) electrons. The molecule has 1 aromatic rings. The Hall–Kier alpha value is -1.94. The zero-order chi connectivity index (χ0) is 13.9. The Labute approximate surface area is 111 Å². The van der Waals surface area contributed by atoms with Crippen LogP contribution in [0.5, 0.6) is 0 Å². The van der Waals surface area contributed by atoms with Crippen molar-refractivity contribution >= 4 is 15.7 Å². The van der Waals surface area contributed by atoms with Crippen LogP contribution in [0.3, 0.4) is 0 Å². The molecule has 1 atom stereocenters. The average molecular weight is 279 g/mol. The number of hydrogen-bond acceptors (Lipinski definition) is 5. The summed E-state index contributed by atoms with van der Waals surface area (Å²) < 4.78 is 23.2. The maximum atomic E-state index is 11.8. The third kappa shape index (κ3) is 3.09. The molecule has 1 amide bonds. The quantitative estimate of drug-likeness (QED) is 0.855. The fourth-order valence-corrected chi connectivity index (χ4v) is 3.74. The van der Waals surface area contributed by atoms with Gasteiger partial charge in [0.2, 0.25) is 0 Å². The molecule has 100 valence electrons. The number of amides is 1. The van der Waals surface area contributed by atoms with Gasteiger partial charge < -0.3 is 5.32 Å². The van der Waals surface area contributed by atoms with Crippen LogP contribution in [0.2, 0.25) is 0 Å². The number of pyridine rings is 1. The fourth-order valence-electron chi connectivity index (χ4n) is 1.98. The molecular formula is C12H13N3O3S. The number of sulfone groups is 1. The standard InChI is InChI=1S/C12H13N3O3S/c13-6-9-3-4-11(14-7-9)12(16)15-8-10-2-1-5-19(10,17)18/h3-4,7,10H,1-2,5,8H2,(H,15,16). The first-order valence-electron chi connectivity index (χ1n) is 5.89. The molecule has 19 heavy (non-hydrogen) atoms. The van der Waals surface area contributed by atoms with Gasteiger partial charge in [0.15, 0.2) is 9.84 Å². The topological polar surface area (TPSA) is 99.9 Å². The number of nitrogens with zero attached hydrogens (tertiary/aromatic N) is 2. The van der Waals surface area contributed by atoms with Gasteiger partial charge in [-0.2, -0.15) is 5.26 Å². The van der Waals surface area contributed by atoms with Gasteiger partial charge in [-0.15, -0.1) is 0 Å².